The number of methoxy groups -OCH3 is 1. The molecule has 2 N–H and O–H groups in total. The van der Waals surface area contributed by atoms with Crippen LogP contribution >= 0.6 is 0 Å². The van der Waals surface area contributed by atoms with Crippen molar-refractivity contribution < 1.29 is 9.53 Å². The van der Waals surface area contributed by atoms with Gasteiger partial charge in [0.2, 0.25) is 0 Å². The Morgan fingerprint density at radius 1 is 1.22 bits per heavy atom. The summed E-state index contributed by atoms with van der Waals surface area (Å²) in [5.41, 5.74) is 1.35. The summed E-state index contributed by atoms with van der Waals surface area (Å²) < 4.78 is 4.69. The van der Waals surface area contributed by atoms with E-state index in [1.807, 2.05) is 25.1 Å². The van der Waals surface area contributed by atoms with E-state index in [9.17, 15) is 4.79 Å². The molecule has 0 aliphatic rings. The Balaban J connectivity index is 2.14. The summed E-state index contributed by atoms with van der Waals surface area (Å²) in [6.07, 6.45) is 1.01. The van der Waals surface area contributed by atoms with E-state index in [0.717, 1.165) is 17.9 Å². The number of nitrogens with zero attached hydrogens (tertiary/aromatic N) is 2. The number of aromatic nitrogens is 2. The first-order valence-corrected chi connectivity index (χ1v) is 7.59. The Morgan fingerprint density at radius 3 is 2.48 bits per heavy atom. The van der Waals surface area contributed by atoms with Crippen LogP contribution in [-0.4, -0.2) is 29.1 Å². The maximum Gasteiger partial charge on any atom is 0.337 e. The fourth-order valence-corrected chi connectivity index (χ4v) is 2.02. The van der Waals surface area contributed by atoms with E-state index in [0.29, 0.717) is 23.2 Å². The second kappa shape index (κ2) is 7.58. The van der Waals surface area contributed by atoms with Gasteiger partial charge in [-0.2, -0.15) is 0 Å². The first kappa shape index (κ1) is 16.7. The molecular formula is C17H22N4O2. The lowest BCUT2D eigenvalue weighted by Crippen LogP contribution is -2.15. The van der Waals surface area contributed by atoms with Crippen LogP contribution in [0.25, 0.3) is 0 Å². The lowest BCUT2D eigenvalue weighted by atomic mass is 10.2. The molecule has 1 aromatic heterocycles. The molecule has 1 aromatic carbocycles. The molecule has 2 aromatic rings. The van der Waals surface area contributed by atoms with Gasteiger partial charge in [0.25, 0.3) is 0 Å². The predicted octanol–water partition coefficient (Wildman–Crippen LogP) is 3.53. The van der Waals surface area contributed by atoms with Crippen molar-refractivity contribution in [1.29, 1.82) is 0 Å². The molecule has 0 saturated carbocycles. The number of nitrogens with one attached hydrogen (secondary N) is 2. The molecule has 6 nitrogen and oxygen atoms in total. The van der Waals surface area contributed by atoms with E-state index in [2.05, 4.69) is 39.2 Å². The summed E-state index contributed by atoms with van der Waals surface area (Å²) in [5, 5.41) is 6.56. The second-order valence-corrected chi connectivity index (χ2v) is 5.33. The normalized spacial score (nSPS) is 11.7. The summed E-state index contributed by atoms with van der Waals surface area (Å²) in [4.78, 5) is 20.2. The van der Waals surface area contributed by atoms with Crippen LogP contribution in [0, 0.1) is 6.92 Å². The van der Waals surface area contributed by atoms with Crippen molar-refractivity contribution in [2.24, 2.45) is 0 Å². The van der Waals surface area contributed by atoms with Crippen LogP contribution in [0.15, 0.2) is 30.3 Å². The van der Waals surface area contributed by atoms with Crippen LogP contribution in [0.1, 0.15) is 36.5 Å². The summed E-state index contributed by atoms with van der Waals surface area (Å²) >= 11 is 0. The molecule has 0 fully saturated rings. The molecule has 1 heterocycles. The largest absolute Gasteiger partial charge is 0.465 e. The van der Waals surface area contributed by atoms with Gasteiger partial charge in [0.05, 0.1) is 12.7 Å². The number of esters is 1. The summed E-state index contributed by atoms with van der Waals surface area (Å²) in [6, 6.07) is 9.25. The number of carbonyl (C=O) groups is 1. The highest BCUT2D eigenvalue weighted by Gasteiger charge is 2.07. The Labute approximate surface area is 136 Å². The van der Waals surface area contributed by atoms with Gasteiger partial charge in [0.1, 0.15) is 17.5 Å². The zero-order valence-electron chi connectivity index (χ0n) is 13.9. The quantitative estimate of drug-likeness (QED) is 0.794. The molecule has 1 atom stereocenters. The van der Waals surface area contributed by atoms with Crippen LogP contribution in [0.5, 0.6) is 0 Å². The van der Waals surface area contributed by atoms with E-state index >= 15 is 0 Å². The van der Waals surface area contributed by atoms with Crippen molar-refractivity contribution in [3.05, 3.63) is 41.7 Å². The molecule has 0 bridgehead atoms. The summed E-state index contributed by atoms with van der Waals surface area (Å²) in [6.45, 7) is 6.08. The molecular weight excluding hydrogens is 292 g/mol. The third-order valence-corrected chi connectivity index (χ3v) is 3.42. The van der Waals surface area contributed by atoms with Gasteiger partial charge in [-0.05, 0) is 44.5 Å². The van der Waals surface area contributed by atoms with Crippen molar-refractivity contribution in [2.75, 3.05) is 17.7 Å². The van der Waals surface area contributed by atoms with Crippen molar-refractivity contribution in [1.82, 2.24) is 9.97 Å². The highest BCUT2D eigenvalue weighted by atomic mass is 16.5. The Kier molecular flexibility index (Phi) is 5.51. The zero-order chi connectivity index (χ0) is 16.8. The highest BCUT2D eigenvalue weighted by Crippen LogP contribution is 2.19. The number of benzene rings is 1. The topological polar surface area (TPSA) is 76.1 Å². The first-order valence-electron chi connectivity index (χ1n) is 7.59. The minimum absolute atomic E-state index is 0.344. The van der Waals surface area contributed by atoms with Crippen LogP contribution in [0.3, 0.4) is 0 Å². The molecule has 0 radical (unpaired) electrons. The molecule has 2 rings (SSSR count). The van der Waals surface area contributed by atoms with Gasteiger partial charge in [0.15, 0.2) is 0 Å². The minimum atomic E-state index is -0.352. The highest BCUT2D eigenvalue weighted by molar-refractivity contribution is 5.89. The van der Waals surface area contributed by atoms with Gasteiger partial charge < -0.3 is 15.4 Å². The van der Waals surface area contributed by atoms with E-state index in [-0.39, 0.29) is 5.97 Å². The molecule has 0 amide bonds. The zero-order valence-corrected chi connectivity index (χ0v) is 13.9. The van der Waals surface area contributed by atoms with Gasteiger partial charge in [-0.3, -0.25) is 0 Å². The number of ether oxygens (including phenoxy) is 1. The first-order chi connectivity index (χ1) is 11.0. The van der Waals surface area contributed by atoms with Gasteiger partial charge >= 0.3 is 5.97 Å². The Morgan fingerprint density at radius 2 is 1.87 bits per heavy atom. The van der Waals surface area contributed by atoms with Crippen molar-refractivity contribution in [2.45, 2.75) is 33.2 Å². The van der Waals surface area contributed by atoms with Crippen LogP contribution < -0.4 is 10.6 Å². The molecule has 6 heteroatoms. The summed E-state index contributed by atoms with van der Waals surface area (Å²) in [7, 11) is 1.37. The Hall–Kier alpha value is -2.63. The molecule has 1 unspecified atom stereocenters. The maximum atomic E-state index is 11.4. The summed E-state index contributed by atoms with van der Waals surface area (Å²) in [5.74, 6) is 1.83. The number of anilines is 3. The molecule has 23 heavy (non-hydrogen) atoms. The van der Waals surface area contributed by atoms with E-state index in [1.54, 1.807) is 12.1 Å². The van der Waals surface area contributed by atoms with Crippen molar-refractivity contribution >= 4 is 23.3 Å². The number of carbonyl (C=O) groups excluding carboxylic acids is 1. The van der Waals surface area contributed by atoms with Crippen molar-refractivity contribution in [3.63, 3.8) is 0 Å². The average Bonchev–Trinajstić information content (AvgIpc) is 2.54. The number of rotatable bonds is 6. The van der Waals surface area contributed by atoms with Crippen molar-refractivity contribution in [3.8, 4) is 0 Å². The van der Waals surface area contributed by atoms with Crippen LogP contribution in [-0.2, 0) is 4.74 Å². The molecule has 0 spiro atoms. The fraction of sp³-hybridized carbons (Fsp3) is 0.353. The average molecular weight is 314 g/mol. The fourth-order valence-electron chi connectivity index (χ4n) is 2.02. The van der Waals surface area contributed by atoms with Gasteiger partial charge in [-0.25, -0.2) is 14.8 Å². The molecule has 0 saturated heterocycles. The SMILES string of the molecule is CCC(C)Nc1cc(Nc2ccc(C(=O)OC)cc2)nc(C)n1. The van der Waals surface area contributed by atoms with E-state index in [1.165, 1.54) is 7.11 Å². The third kappa shape index (κ3) is 4.67. The van der Waals surface area contributed by atoms with Gasteiger partial charge in [-0.1, -0.05) is 6.92 Å². The van der Waals surface area contributed by atoms with Crippen LogP contribution in [0.4, 0.5) is 17.3 Å². The molecule has 122 valence electrons. The number of aryl methyl sites for hydroxylation is 1. The lowest BCUT2D eigenvalue weighted by molar-refractivity contribution is 0.0601. The van der Waals surface area contributed by atoms with Gasteiger partial charge in [-0.15, -0.1) is 0 Å². The lowest BCUT2D eigenvalue weighted by Gasteiger charge is -2.14. The van der Waals surface area contributed by atoms with Crippen LogP contribution in [0.2, 0.25) is 0 Å². The number of hydrogen-bond acceptors (Lipinski definition) is 6. The van der Waals surface area contributed by atoms with E-state index < -0.39 is 0 Å². The third-order valence-electron chi connectivity index (χ3n) is 3.42. The van der Waals surface area contributed by atoms with E-state index in [4.69, 9.17) is 0 Å². The maximum absolute atomic E-state index is 11.4. The molecule has 0 aliphatic carbocycles. The Bertz CT molecular complexity index is 671. The predicted molar refractivity (Wildman–Crippen MR) is 91.2 cm³/mol. The standard InChI is InChI=1S/C17H22N4O2/c1-5-11(2)18-15-10-16(20-12(3)19-15)21-14-8-6-13(7-9-14)17(22)23-4/h6-11H,5H2,1-4H3,(H2,18,19,20,21). The monoisotopic (exact) mass is 314 g/mol. The van der Waals surface area contributed by atoms with Gasteiger partial charge in [0, 0.05) is 17.8 Å². The second-order valence-electron chi connectivity index (χ2n) is 5.33. The smallest absolute Gasteiger partial charge is 0.337 e. The molecule has 0 aliphatic heterocycles. The number of hydrogen-bond donors (Lipinski definition) is 2. The minimum Gasteiger partial charge on any atom is -0.465 e.